The highest BCUT2D eigenvalue weighted by Gasteiger charge is 2.34. The standard InChI is InChI=1S/C31H34FN5O7/c1-18-14-37(19(2)16-38)29(39)24-12-22(34-30(40)33-21-6-4-20(32)5-7-21)8-10-25(24)44-28(18)15-36(3)31(41)35-23-9-11-26-27(13-23)43-17-42-26/h4-13,18-19,28,38H,14-17H2,1-3H3,(H,35,41)(H2,33,34,40)/t18-,19+,28+/m0/s1. The Bertz CT molecular complexity index is 1540. The van der Waals surface area contributed by atoms with Crippen LogP contribution in [0.15, 0.2) is 60.7 Å². The van der Waals surface area contributed by atoms with Gasteiger partial charge in [0.05, 0.1) is 24.8 Å². The molecule has 0 unspecified atom stereocenters. The van der Waals surface area contributed by atoms with E-state index in [9.17, 15) is 23.9 Å². The number of aliphatic hydroxyl groups excluding tert-OH is 1. The van der Waals surface area contributed by atoms with Crippen molar-refractivity contribution in [1.29, 1.82) is 0 Å². The van der Waals surface area contributed by atoms with E-state index in [0.717, 1.165) is 0 Å². The molecule has 3 atom stereocenters. The number of carbonyl (C=O) groups excluding carboxylic acids is 3. The van der Waals surface area contributed by atoms with Gasteiger partial charge in [-0.2, -0.15) is 0 Å². The Kier molecular flexibility index (Phi) is 9.04. The monoisotopic (exact) mass is 607 g/mol. The number of rotatable bonds is 7. The molecular formula is C31H34FN5O7. The van der Waals surface area contributed by atoms with Crippen LogP contribution in [-0.2, 0) is 0 Å². The highest BCUT2D eigenvalue weighted by Crippen LogP contribution is 2.34. The maximum absolute atomic E-state index is 13.7. The molecule has 4 N–H and O–H groups in total. The van der Waals surface area contributed by atoms with Gasteiger partial charge in [0.1, 0.15) is 17.7 Å². The number of anilines is 3. The summed E-state index contributed by atoms with van der Waals surface area (Å²) in [5.41, 5.74) is 1.44. The lowest BCUT2D eigenvalue weighted by atomic mass is 9.99. The molecule has 0 radical (unpaired) electrons. The van der Waals surface area contributed by atoms with Crippen molar-refractivity contribution in [3.63, 3.8) is 0 Å². The molecular weight excluding hydrogens is 573 g/mol. The Morgan fingerprint density at radius 1 is 0.977 bits per heavy atom. The second kappa shape index (κ2) is 13.1. The van der Waals surface area contributed by atoms with Gasteiger partial charge in [-0.1, -0.05) is 6.92 Å². The Balaban J connectivity index is 1.33. The molecule has 2 aliphatic rings. The molecule has 2 heterocycles. The lowest BCUT2D eigenvalue weighted by Gasteiger charge is -2.38. The largest absolute Gasteiger partial charge is 0.487 e. The van der Waals surface area contributed by atoms with Gasteiger partial charge in [0.2, 0.25) is 6.79 Å². The fourth-order valence-corrected chi connectivity index (χ4v) is 4.89. The van der Waals surface area contributed by atoms with Crippen molar-refractivity contribution in [3.8, 4) is 17.2 Å². The second-order valence-corrected chi connectivity index (χ2v) is 10.8. The number of halogens is 1. The van der Waals surface area contributed by atoms with E-state index in [1.165, 1.54) is 35.2 Å². The molecule has 0 saturated carbocycles. The number of nitrogens with one attached hydrogen (secondary N) is 3. The molecule has 3 aromatic carbocycles. The summed E-state index contributed by atoms with van der Waals surface area (Å²) in [6.07, 6.45) is -0.525. The number of hydrogen-bond donors (Lipinski definition) is 4. The zero-order valence-electron chi connectivity index (χ0n) is 24.5. The van der Waals surface area contributed by atoms with Gasteiger partial charge in [-0.05, 0) is 61.5 Å². The normalized spacial score (nSPS) is 17.8. The number of fused-ring (bicyclic) bond motifs is 2. The Labute approximate surface area is 253 Å². The molecule has 3 aromatic rings. The number of nitrogens with zero attached hydrogens (tertiary/aromatic N) is 2. The number of aliphatic hydroxyl groups is 1. The van der Waals surface area contributed by atoms with E-state index in [-0.39, 0.29) is 55.7 Å². The van der Waals surface area contributed by atoms with E-state index in [0.29, 0.717) is 28.6 Å². The number of urea groups is 2. The fraction of sp³-hybridized carbons (Fsp3) is 0.323. The third-order valence-electron chi connectivity index (χ3n) is 7.45. The predicted molar refractivity (Wildman–Crippen MR) is 161 cm³/mol. The zero-order valence-corrected chi connectivity index (χ0v) is 24.5. The van der Waals surface area contributed by atoms with Crippen LogP contribution in [-0.4, -0.2) is 78.6 Å². The van der Waals surface area contributed by atoms with Crippen LogP contribution in [0.4, 0.5) is 31.0 Å². The summed E-state index contributed by atoms with van der Waals surface area (Å²) in [4.78, 5) is 42.4. The van der Waals surface area contributed by atoms with E-state index in [1.54, 1.807) is 49.2 Å². The van der Waals surface area contributed by atoms with Crippen molar-refractivity contribution in [2.24, 2.45) is 5.92 Å². The number of benzene rings is 3. The summed E-state index contributed by atoms with van der Waals surface area (Å²) in [6, 6.07) is 13.7. The van der Waals surface area contributed by atoms with Crippen LogP contribution in [0.1, 0.15) is 24.2 Å². The maximum Gasteiger partial charge on any atom is 0.323 e. The summed E-state index contributed by atoms with van der Waals surface area (Å²) in [6.45, 7) is 3.97. The molecule has 0 saturated heterocycles. The summed E-state index contributed by atoms with van der Waals surface area (Å²) >= 11 is 0. The van der Waals surface area contributed by atoms with E-state index in [1.807, 2.05) is 6.92 Å². The van der Waals surface area contributed by atoms with Crippen LogP contribution in [0.5, 0.6) is 17.2 Å². The van der Waals surface area contributed by atoms with Gasteiger partial charge >= 0.3 is 12.1 Å². The first-order valence-electron chi connectivity index (χ1n) is 14.1. The molecule has 5 rings (SSSR count). The minimum absolute atomic E-state index is 0.125. The average Bonchev–Trinajstić information content (AvgIpc) is 3.48. The minimum atomic E-state index is -0.585. The van der Waals surface area contributed by atoms with Crippen molar-refractivity contribution in [3.05, 3.63) is 72.0 Å². The summed E-state index contributed by atoms with van der Waals surface area (Å²) in [7, 11) is 1.64. The number of ether oxygens (including phenoxy) is 3. The van der Waals surface area contributed by atoms with Crippen LogP contribution in [0.3, 0.4) is 0 Å². The maximum atomic E-state index is 13.7. The number of hydrogen-bond acceptors (Lipinski definition) is 7. The molecule has 0 bridgehead atoms. The number of likely N-dealkylation sites (N-methyl/N-ethyl adjacent to an activating group) is 1. The van der Waals surface area contributed by atoms with Crippen molar-refractivity contribution < 1.29 is 38.1 Å². The van der Waals surface area contributed by atoms with E-state index in [4.69, 9.17) is 14.2 Å². The third kappa shape index (κ3) is 6.94. The minimum Gasteiger partial charge on any atom is -0.487 e. The van der Waals surface area contributed by atoms with Gasteiger partial charge in [0.15, 0.2) is 11.5 Å². The third-order valence-corrected chi connectivity index (χ3v) is 7.45. The molecule has 2 aliphatic heterocycles. The molecule has 12 nitrogen and oxygen atoms in total. The van der Waals surface area contributed by atoms with Crippen molar-refractivity contribution in [2.75, 3.05) is 49.5 Å². The molecule has 5 amide bonds. The van der Waals surface area contributed by atoms with E-state index in [2.05, 4.69) is 16.0 Å². The lowest BCUT2D eigenvalue weighted by Crippen LogP contribution is -2.50. The summed E-state index contributed by atoms with van der Waals surface area (Å²) < 4.78 is 30.3. The van der Waals surface area contributed by atoms with Gasteiger partial charge in [0, 0.05) is 42.6 Å². The Morgan fingerprint density at radius 3 is 2.34 bits per heavy atom. The first-order valence-corrected chi connectivity index (χ1v) is 14.1. The molecule has 0 aromatic heterocycles. The van der Waals surface area contributed by atoms with Gasteiger partial charge < -0.3 is 45.1 Å². The van der Waals surface area contributed by atoms with Crippen molar-refractivity contribution >= 4 is 35.0 Å². The first-order chi connectivity index (χ1) is 21.1. The second-order valence-electron chi connectivity index (χ2n) is 10.8. The molecule has 232 valence electrons. The van der Waals surface area contributed by atoms with Crippen LogP contribution in [0.25, 0.3) is 0 Å². The molecule has 0 fully saturated rings. The summed E-state index contributed by atoms with van der Waals surface area (Å²) in [5, 5.41) is 18.1. The van der Waals surface area contributed by atoms with E-state index >= 15 is 0 Å². The van der Waals surface area contributed by atoms with E-state index < -0.39 is 24.0 Å². The number of carbonyl (C=O) groups is 3. The van der Waals surface area contributed by atoms with Crippen molar-refractivity contribution in [1.82, 2.24) is 9.80 Å². The Hall–Kier alpha value is -5.04. The highest BCUT2D eigenvalue weighted by molar-refractivity contribution is 6.02. The SMILES string of the molecule is C[C@H](CO)N1C[C@H](C)[C@@H](CN(C)C(=O)Nc2ccc3c(c2)OCO3)Oc2ccc(NC(=O)Nc3ccc(F)cc3)cc2C1=O. The summed E-state index contributed by atoms with van der Waals surface area (Å²) in [5.74, 6) is 0.403. The van der Waals surface area contributed by atoms with Crippen molar-refractivity contribution in [2.45, 2.75) is 26.0 Å². The topological polar surface area (TPSA) is 142 Å². The van der Waals surface area contributed by atoms with Gasteiger partial charge in [0.25, 0.3) is 5.91 Å². The smallest absolute Gasteiger partial charge is 0.323 e. The highest BCUT2D eigenvalue weighted by atomic mass is 19.1. The van der Waals surface area contributed by atoms with Crippen LogP contribution in [0.2, 0.25) is 0 Å². The van der Waals surface area contributed by atoms with Gasteiger partial charge in [-0.15, -0.1) is 0 Å². The lowest BCUT2D eigenvalue weighted by molar-refractivity contribution is 0.0371. The van der Waals surface area contributed by atoms with Gasteiger partial charge in [-0.3, -0.25) is 4.79 Å². The fourth-order valence-electron chi connectivity index (χ4n) is 4.89. The molecule has 0 aliphatic carbocycles. The number of amides is 5. The average molecular weight is 608 g/mol. The zero-order chi connectivity index (χ0) is 31.4. The Morgan fingerprint density at radius 2 is 1.61 bits per heavy atom. The molecule has 13 heteroatoms. The van der Waals surface area contributed by atoms with Crippen LogP contribution in [0, 0.1) is 11.7 Å². The van der Waals surface area contributed by atoms with Gasteiger partial charge in [-0.25, -0.2) is 14.0 Å². The quantitative estimate of drug-likeness (QED) is 0.308. The molecule has 44 heavy (non-hydrogen) atoms. The van der Waals surface area contributed by atoms with Crippen LogP contribution < -0.4 is 30.2 Å². The predicted octanol–water partition coefficient (Wildman–Crippen LogP) is 4.58. The first kappa shape index (κ1) is 30.4. The van der Waals surface area contributed by atoms with Crippen LogP contribution >= 0.6 is 0 Å². The molecule has 0 spiro atoms.